The lowest BCUT2D eigenvalue weighted by Crippen LogP contribution is -2.35. The van der Waals surface area contributed by atoms with Crippen molar-refractivity contribution in [2.45, 2.75) is 69.0 Å². The number of aromatic nitrogens is 6. The van der Waals surface area contributed by atoms with Crippen molar-refractivity contribution in [3.63, 3.8) is 0 Å². The van der Waals surface area contributed by atoms with E-state index < -0.39 is 15.7 Å². The van der Waals surface area contributed by atoms with Gasteiger partial charge in [0, 0.05) is 54.3 Å². The second-order valence-electron chi connectivity index (χ2n) is 11.0. The smallest absolute Gasteiger partial charge is 0.241 e. The minimum Gasteiger partial charge on any atom is -0.309 e. The fourth-order valence-electron chi connectivity index (χ4n) is 5.23. The molecular formula is C26H31FN8O2S. The number of nitrogens with zero attached hydrogens (tertiary/aromatic N) is 6. The molecule has 1 fully saturated rings. The lowest BCUT2D eigenvalue weighted by molar-refractivity contribution is 0.221. The maximum atomic E-state index is 14.3. The van der Waals surface area contributed by atoms with Gasteiger partial charge in [-0.05, 0) is 69.7 Å². The molecule has 1 unspecified atom stereocenters. The zero-order chi connectivity index (χ0) is 26.8. The van der Waals surface area contributed by atoms with Crippen LogP contribution in [0.2, 0.25) is 0 Å². The number of rotatable bonds is 8. The predicted octanol–water partition coefficient (Wildman–Crippen LogP) is 3.86. The van der Waals surface area contributed by atoms with Gasteiger partial charge in [0.1, 0.15) is 17.8 Å². The molecule has 0 aliphatic heterocycles. The first-order valence-electron chi connectivity index (χ1n) is 12.8. The summed E-state index contributed by atoms with van der Waals surface area (Å²) in [6, 6.07) is 5.76. The average Bonchev–Trinajstić information content (AvgIpc) is 3.31. The van der Waals surface area contributed by atoms with Gasteiger partial charge in [0.25, 0.3) is 0 Å². The summed E-state index contributed by atoms with van der Waals surface area (Å²) >= 11 is 0. The van der Waals surface area contributed by atoms with Crippen molar-refractivity contribution in [3.05, 3.63) is 53.2 Å². The molecule has 1 saturated carbocycles. The number of hydrogen-bond acceptors (Lipinski definition) is 7. The fraction of sp³-hybridized carbons (Fsp3) is 0.462. The number of hydrogen-bond donors (Lipinski definition) is 2. The van der Waals surface area contributed by atoms with Crippen LogP contribution in [0.15, 0.2) is 35.6 Å². The van der Waals surface area contributed by atoms with E-state index in [4.69, 9.17) is 0 Å². The van der Waals surface area contributed by atoms with E-state index in [1.165, 1.54) is 13.8 Å². The van der Waals surface area contributed by atoms with E-state index in [1.807, 2.05) is 36.7 Å². The summed E-state index contributed by atoms with van der Waals surface area (Å²) in [5.74, 6) is 1.70. The lowest BCUT2D eigenvalue weighted by Gasteiger charge is -2.18. The summed E-state index contributed by atoms with van der Waals surface area (Å²) in [5.41, 5.74) is 1.78. The number of benzene rings is 1. The molecular weight excluding hydrogens is 507 g/mol. The van der Waals surface area contributed by atoms with Crippen LogP contribution in [-0.4, -0.2) is 50.2 Å². The molecule has 2 aliphatic carbocycles. The Balaban J connectivity index is 1.41. The van der Waals surface area contributed by atoms with Gasteiger partial charge in [-0.1, -0.05) is 0 Å². The number of halogens is 1. The molecule has 200 valence electrons. The molecule has 0 bridgehead atoms. The summed E-state index contributed by atoms with van der Waals surface area (Å²) in [4.78, 5) is 4.85. The Hall–Kier alpha value is -3.38. The van der Waals surface area contributed by atoms with E-state index in [0.29, 0.717) is 30.1 Å². The molecule has 2 aliphatic rings. The van der Waals surface area contributed by atoms with Crippen LogP contribution in [0.1, 0.15) is 61.2 Å². The number of pyridine rings is 1. The highest BCUT2D eigenvalue weighted by atomic mass is 32.2. The van der Waals surface area contributed by atoms with Gasteiger partial charge >= 0.3 is 0 Å². The SMILES string of the molecule is Cc1cc(Nc2nncn2C2Cc3cc4cnc(C5CC5)cc4c(S(=O)(=O)NCC(C)(C)F)c3C2)n(C)n1. The largest absolute Gasteiger partial charge is 0.309 e. The number of aryl methyl sites for hydroxylation is 2. The van der Waals surface area contributed by atoms with Crippen LogP contribution in [0.5, 0.6) is 0 Å². The highest BCUT2D eigenvalue weighted by molar-refractivity contribution is 7.89. The molecule has 38 heavy (non-hydrogen) atoms. The van der Waals surface area contributed by atoms with Crippen LogP contribution in [0.4, 0.5) is 16.2 Å². The third-order valence-electron chi connectivity index (χ3n) is 7.24. The highest BCUT2D eigenvalue weighted by Crippen LogP contribution is 2.43. The normalized spacial score (nSPS) is 17.8. The van der Waals surface area contributed by atoms with Gasteiger partial charge in [-0.25, -0.2) is 17.5 Å². The molecule has 2 N–H and O–H groups in total. The molecule has 1 aromatic carbocycles. The summed E-state index contributed by atoms with van der Waals surface area (Å²) in [6.07, 6.45) is 6.61. The molecule has 0 amide bonds. The van der Waals surface area contributed by atoms with Crippen LogP contribution in [-0.2, 0) is 29.9 Å². The number of anilines is 2. The van der Waals surface area contributed by atoms with Crippen LogP contribution in [0.25, 0.3) is 10.8 Å². The van der Waals surface area contributed by atoms with Crippen molar-refractivity contribution in [1.82, 2.24) is 34.3 Å². The number of sulfonamides is 1. The summed E-state index contributed by atoms with van der Waals surface area (Å²) in [6.45, 7) is 4.32. The van der Waals surface area contributed by atoms with E-state index >= 15 is 0 Å². The number of alkyl halides is 1. The number of fused-ring (bicyclic) bond motifs is 2. The first kappa shape index (κ1) is 24.9. The summed E-state index contributed by atoms with van der Waals surface area (Å²) < 4.78 is 48.0. The Morgan fingerprint density at radius 1 is 1.18 bits per heavy atom. The Bertz CT molecular complexity index is 1650. The zero-order valence-corrected chi connectivity index (χ0v) is 22.7. The molecule has 3 heterocycles. The standard InChI is InChI=1S/C26H31FN8O2S/c1-15-7-23(34(4)33-15)31-25-32-29-14-35(25)19-9-17-8-18-12-28-22(16-5-6-16)11-21(18)24(20(17)10-19)38(36,37)30-13-26(2,3)27/h7-8,11-12,14,16,19,30H,5-6,9-10,13H2,1-4H3,(H,31,32). The van der Waals surface area contributed by atoms with E-state index in [2.05, 4.69) is 30.3 Å². The van der Waals surface area contributed by atoms with Crippen molar-refractivity contribution in [2.75, 3.05) is 11.9 Å². The van der Waals surface area contributed by atoms with E-state index in [9.17, 15) is 12.8 Å². The maximum absolute atomic E-state index is 14.3. The van der Waals surface area contributed by atoms with E-state index in [1.54, 1.807) is 17.2 Å². The quantitative estimate of drug-likeness (QED) is 0.350. The second kappa shape index (κ2) is 8.84. The molecule has 3 aromatic heterocycles. The van der Waals surface area contributed by atoms with Crippen molar-refractivity contribution in [1.29, 1.82) is 0 Å². The molecule has 12 heteroatoms. The van der Waals surface area contributed by atoms with E-state index in [0.717, 1.165) is 46.6 Å². The third-order valence-corrected chi connectivity index (χ3v) is 8.77. The average molecular weight is 539 g/mol. The fourth-order valence-corrected chi connectivity index (χ4v) is 6.91. The summed E-state index contributed by atoms with van der Waals surface area (Å²) in [5, 5.41) is 17.5. The van der Waals surface area contributed by atoms with Gasteiger partial charge in [-0.15, -0.1) is 10.2 Å². The Labute approximate surface area is 220 Å². The Kier molecular flexibility index (Phi) is 5.80. The van der Waals surface area contributed by atoms with Gasteiger partial charge in [-0.2, -0.15) is 5.10 Å². The minimum atomic E-state index is -4.01. The molecule has 0 spiro atoms. The molecule has 0 saturated heterocycles. The number of nitrogens with one attached hydrogen (secondary N) is 2. The Morgan fingerprint density at radius 3 is 2.66 bits per heavy atom. The predicted molar refractivity (Wildman–Crippen MR) is 142 cm³/mol. The van der Waals surface area contributed by atoms with Crippen molar-refractivity contribution in [2.24, 2.45) is 7.05 Å². The molecule has 1 atom stereocenters. The van der Waals surface area contributed by atoms with Crippen LogP contribution < -0.4 is 10.0 Å². The minimum absolute atomic E-state index is 0.101. The van der Waals surface area contributed by atoms with Crippen LogP contribution >= 0.6 is 0 Å². The van der Waals surface area contributed by atoms with Gasteiger partial charge in [-0.3, -0.25) is 14.2 Å². The monoisotopic (exact) mass is 538 g/mol. The topological polar surface area (TPSA) is 120 Å². The van der Waals surface area contributed by atoms with Gasteiger partial charge in [0.2, 0.25) is 16.0 Å². The first-order chi connectivity index (χ1) is 18.0. The molecule has 10 nitrogen and oxygen atoms in total. The maximum Gasteiger partial charge on any atom is 0.241 e. The first-order valence-corrected chi connectivity index (χ1v) is 14.3. The van der Waals surface area contributed by atoms with Crippen LogP contribution in [0, 0.1) is 6.92 Å². The van der Waals surface area contributed by atoms with Crippen LogP contribution in [0.3, 0.4) is 0 Å². The second-order valence-corrected chi connectivity index (χ2v) is 12.7. The van der Waals surface area contributed by atoms with Crippen molar-refractivity contribution >= 4 is 32.6 Å². The zero-order valence-electron chi connectivity index (χ0n) is 21.9. The van der Waals surface area contributed by atoms with Gasteiger partial charge < -0.3 is 5.32 Å². The van der Waals surface area contributed by atoms with E-state index in [-0.39, 0.29) is 17.5 Å². The molecule has 0 radical (unpaired) electrons. The molecule has 4 aromatic rings. The van der Waals surface area contributed by atoms with Gasteiger partial charge in [0.05, 0.1) is 10.6 Å². The van der Waals surface area contributed by atoms with Crippen molar-refractivity contribution < 1.29 is 12.8 Å². The molecule has 6 rings (SSSR count). The lowest BCUT2D eigenvalue weighted by atomic mass is 10.0. The van der Waals surface area contributed by atoms with Gasteiger partial charge in [0.15, 0.2) is 0 Å². The summed E-state index contributed by atoms with van der Waals surface area (Å²) in [7, 11) is -2.16. The third kappa shape index (κ3) is 4.66. The highest BCUT2D eigenvalue weighted by Gasteiger charge is 2.35. The van der Waals surface area contributed by atoms with Crippen molar-refractivity contribution in [3.8, 4) is 0 Å². The Morgan fingerprint density at radius 2 is 1.97 bits per heavy atom.